The number of carbonyl (C=O) groups is 2. The number of carbonyl (C=O) groups excluding carboxylic acids is 1. The van der Waals surface area contributed by atoms with Crippen molar-refractivity contribution in [3.05, 3.63) is 0 Å². The van der Waals surface area contributed by atoms with Gasteiger partial charge in [0.25, 0.3) is 0 Å². The van der Waals surface area contributed by atoms with E-state index in [2.05, 4.69) is 29.6 Å². The highest BCUT2D eigenvalue weighted by molar-refractivity contribution is 5.72. The van der Waals surface area contributed by atoms with Crippen LogP contribution in [-0.4, -0.2) is 47.1 Å². The van der Waals surface area contributed by atoms with Gasteiger partial charge in [0.1, 0.15) is 0 Å². The zero-order chi connectivity index (χ0) is 19.0. The van der Waals surface area contributed by atoms with Gasteiger partial charge in [0.2, 0.25) is 5.91 Å². The topological polar surface area (TPSA) is 137 Å². The molecule has 0 aromatic rings. The van der Waals surface area contributed by atoms with Gasteiger partial charge in [0, 0.05) is 19.4 Å². The second-order valence-corrected chi connectivity index (χ2v) is 7.05. The van der Waals surface area contributed by atoms with Crippen LogP contribution in [-0.2, 0) is 9.59 Å². The monoisotopic (exact) mass is 356 g/mol. The molecule has 1 rings (SSSR count). The highest BCUT2D eigenvalue weighted by atomic mass is 16.4. The quantitative estimate of drug-likeness (QED) is 0.167. The minimum Gasteiger partial charge on any atom is -0.481 e. The van der Waals surface area contributed by atoms with Gasteiger partial charge in [-0.1, -0.05) is 26.7 Å². The minimum absolute atomic E-state index is 0.0644. The number of nitrogens with two attached hydrogens (primary N) is 1. The molecule has 25 heavy (non-hydrogen) atoms. The number of hydrogen-bond donors (Lipinski definition) is 5. The van der Waals surface area contributed by atoms with Crippen molar-refractivity contribution in [2.45, 2.75) is 58.6 Å². The van der Waals surface area contributed by atoms with Crippen LogP contribution in [0.3, 0.4) is 0 Å². The minimum atomic E-state index is -0.991. The summed E-state index contributed by atoms with van der Waals surface area (Å²) in [7, 11) is 0. The molecule has 0 aliphatic heterocycles. The van der Waals surface area contributed by atoms with Gasteiger partial charge in [-0.25, -0.2) is 5.84 Å². The Labute approximate surface area is 149 Å². The molecule has 0 bridgehead atoms. The molecule has 8 nitrogen and oxygen atoms in total. The first kappa shape index (κ1) is 21.4. The normalized spacial score (nSPS) is 28.7. The van der Waals surface area contributed by atoms with E-state index in [-0.39, 0.29) is 29.7 Å². The first-order valence-corrected chi connectivity index (χ1v) is 8.94. The molecule has 144 valence electrons. The molecule has 1 aliphatic carbocycles. The summed E-state index contributed by atoms with van der Waals surface area (Å²) < 4.78 is 0. The maximum atomic E-state index is 11.4. The molecule has 0 aromatic carbocycles. The molecular formula is C17H32N4O4. The number of nitrogens with one attached hydrogen (secondary N) is 2. The number of amides is 1. The molecule has 0 aromatic heterocycles. The second kappa shape index (κ2) is 10.4. The van der Waals surface area contributed by atoms with Crippen LogP contribution in [0.15, 0.2) is 4.99 Å². The maximum absolute atomic E-state index is 11.4. The van der Waals surface area contributed by atoms with Gasteiger partial charge in [-0.05, 0) is 24.7 Å². The largest absolute Gasteiger partial charge is 0.481 e. The first-order chi connectivity index (χ1) is 11.8. The van der Waals surface area contributed by atoms with Crippen LogP contribution in [0.2, 0.25) is 0 Å². The molecule has 1 fully saturated rings. The number of aliphatic hydroxyl groups excluding tert-OH is 1. The summed E-state index contributed by atoms with van der Waals surface area (Å²) in [5.41, 5.74) is 2.34. The molecule has 8 heteroatoms. The lowest BCUT2D eigenvalue weighted by molar-refractivity contribution is -0.145. The lowest BCUT2D eigenvalue weighted by atomic mass is 9.80. The third-order valence-corrected chi connectivity index (χ3v) is 5.21. The summed E-state index contributed by atoms with van der Waals surface area (Å²) in [6.07, 6.45) is 3.34. The molecule has 1 amide bonds. The summed E-state index contributed by atoms with van der Waals surface area (Å²) in [5.74, 6) is 3.63. The summed E-state index contributed by atoms with van der Waals surface area (Å²) >= 11 is 0. The van der Waals surface area contributed by atoms with E-state index < -0.39 is 18.0 Å². The molecule has 1 aliphatic rings. The highest BCUT2D eigenvalue weighted by Gasteiger charge is 2.46. The van der Waals surface area contributed by atoms with Gasteiger partial charge >= 0.3 is 5.97 Å². The molecule has 6 atom stereocenters. The second-order valence-electron chi connectivity index (χ2n) is 7.05. The third-order valence-electron chi connectivity index (χ3n) is 5.21. The number of carboxylic acid groups (broad SMARTS) is 1. The van der Waals surface area contributed by atoms with E-state index in [4.69, 9.17) is 5.84 Å². The van der Waals surface area contributed by atoms with Gasteiger partial charge < -0.3 is 21.0 Å². The Morgan fingerprint density at radius 2 is 2.12 bits per heavy atom. The number of aliphatic carboxylic acids is 1. The lowest BCUT2D eigenvalue weighted by Gasteiger charge is -2.29. The fourth-order valence-corrected chi connectivity index (χ4v) is 3.78. The van der Waals surface area contributed by atoms with Crippen LogP contribution in [0.4, 0.5) is 0 Å². The molecule has 3 unspecified atom stereocenters. The fourth-order valence-electron chi connectivity index (χ4n) is 3.78. The predicted octanol–water partition coefficient (Wildman–Crippen LogP) is 0.507. The Hall–Kier alpha value is -1.67. The Bertz CT molecular complexity index is 472. The predicted molar refractivity (Wildman–Crippen MR) is 95.7 cm³/mol. The van der Waals surface area contributed by atoms with Crippen molar-refractivity contribution >= 4 is 18.2 Å². The average molecular weight is 356 g/mol. The van der Waals surface area contributed by atoms with Gasteiger partial charge in [-0.3, -0.25) is 14.6 Å². The van der Waals surface area contributed by atoms with Gasteiger partial charge in [0.05, 0.1) is 24.4 Å². The van der Waals surface area contributed by atoms with Crippen LogP contribution in [0.1, 0.15) is 46.5 Å². The third kappa shape index (κ3) is 6.28. The Morgan fingerprint density at radius 3 is 2.64 bits per heavy atom. The van der Waals surface area contributed by atoms with Crippen LogP contribution in [0.5, 0.6) is 0 Å². The van der Waals surface area contributed by atoms with Crippen molar-refractivity contribution in [2.75, 3.05) is 6.54 Å². The van der Waals surface area contributed by atoms with Crippen LogP contribution < -0.4 is 16.6 Å². The van der Waals surface area contributed by atoms with Crippen molar-refractivity contribution in [3.8, 4) is 0 Å². The fraction of sp³-hybridized carbons (Fsp3) is 0.824. The molecule has 0 spiro atoms. The molecule has 6 N–H and O–H groups in total. The molecule has 0 heterocycles. The number of hydrogen-bond acceptors (Lipinski definition) is 5. The van der Waals surface area contributed by atoms with Gasteiger partial charge in [-0.15, -0.1) is 0 Å². The lowest BCUT2D eigenvalue weighted by Crippen LogP contribution is -2.34. The summed E-state index contributed by atoms with van der Waals surface area (Å²) in [4.78, 5) is 26.9. The average Bonchev–Trinajstić information content (AvgIpc) is 2.86. The number of carboxylic acids is 1. The van der Waals surface area contributed by atoms with Crippen molar-refractivity contribution < 1.29 is 19.8 Å². The summed E-state index contributed by atoms with van der Waals surface area (Å²) in [5, 5.41) is 22.7. The zero-order valence-electron chi connectivity index (χ0n) is 15.3. The SMILES string of the molecule is CCC[C@H](C[C@@H]1C(O)C(C(=O)O)C[C@@H]1N=CNN)C(C)CNC(C)=O. The van der Waals surface area contributed by atoms with Crippen molar-refractivity contribution in [2.24, 2.45) is 34.5 Å². The van der Waals surface area contributed by atoms with Crippen LogP contribution >= 0.6 is 0 Å². The number of hydrazine groups is 1. The summed E-state index contributed by atoms with van der Waals surface area (Å²) in [6, 6.07) is -0.278. The molecule has 0 saturated heterocycles. The number of nitrogens with zero attached hydrogens (tertiary/aromatic N) is 1. The van der Waals surface area contributed by atoms with E-state index in [1.807, 2.05) is 0 Å². The number of aliphatic imine (C=N–C) groups is 1. The van der Waals surface area contributed by atoms with E-state index in [0.29, 0.717) is 19.4 Å². The van der Waals surface area contributed by atoms with Gasteiger partial charge in [-0.2, -0.15) is 0 Å². The molecule has 1 saturated carbocycles. The van der Waals surface area contributed by atoms with E-state index in [1.54, 1.807) is 0 Å². The van der Waals surface area contributed by atoms with Crippen molar-refractivity contribution in [1.82, 2.24) is 10.7 Å². The van der Waals surface area contributed by atoms with E-state index >= 15 is 0 Å². The van der Waals surface area contributed by atoms with Crippen LogP contribution in [0.25, 0.3) is 0 Å². The van der Waals surface area contributed by atoms with E-state index in [0.717, 1.165) is 12.8 Å². The van der Waals surface area contributed by atoms with Crippen molar-refractivity contribution in [3.63, 3.8) is 0 Å². The Balaban J connectivity index is 2.87. The number of aliphatic hydroxyl groups is 1. The molecule has 0 radical (unpaired) electrons. The Morgan fingerprint density at radius 1 is 1.44 bits per heavy atom. The maximum Gasteiger partial charge on any atom is 0.309 e. The van der Waals surface area contributed by atoms with E-state index in [1.165, 1.54) is 13.3 Å². The van der Waals surface area contributed by atoms with Crippen molar-refractivity contribution in [1.29, 1.82) is 0 Å². The van der Waals surface area contributed by atoms with Gasteiger partial charge in [0.15, 0.2) is 0 Å². The Kier molecular flexibility index (Phi) is 8.85. The summed E-state index contributed by atoms with van der Waals surface area (Å²) in [6.45, 7) is 6.23. The highest BCUT2D eigenvalue weighted by Crippen LogP contribution is 2.40. The van der Waals surface area contributed by atoms with E-state index in [9.17, 15) is 19.8 Å². The molecular weight excluding hydrogens is 324 g/mol. The standard InChI is InChI=1S/C17H32N4O4/c1-4-5-12(10(2)8-19-11(3)22)6-13-15(20-9-21-18)7-14(16(13)23)17(24)25/h9-10,12-16,23H,4-8,18H2,1-3H3,(H,19,22)(H,20,21)(H,24,25)/t10?,12-,13+,14?,15+,16?/m1/s1. The number of rotatable bonds is 10. The first-order valence-electron chi connectivity index (χ1n) is 8.94. The van der Waals surface area contributed by atoms with Crippen LogP contribution in [0, 0.1) is 23.7 Å². The smallest absolute Gasteiger partial charge is 0.309 e. The zero-order valence-corrected chi connectivity index (χ0v) is 15.3.